The molecular weight excluding hydrogens is 190 g/mol. The molecule has 2 N–H and O–H groups in total. The SMILES string of the molecule is O=c1cc[nH]c2c(C#CCO)cccc12. The van der Waals surface area contributed by atoms with Crippen LogP contribution in [-0.2, 0) is 0 Å². The zero-order valence-corrected chi connectivity index (χ0v) is 7.95. The lowest BCUT2D eigenvalue weighted by atomic mass is 10.1. The quantitative estimate of drug-likeness (QED) is 0.618. The van der Waals surface area contributed by atoms with Crippen molar-refractivity contribution >= 4 is 10.9 Å². The number of fused-ring (bicyclic) bond motifs is 1. The number of aromatic amines is 1. The van der Waals surface area contributed by atoms with E-state index in [-0.39, 0.29) is 12.0 Å². The van der Waals surface area contributed by atoms with Crippen molar-refractivity contribution in [1.29, 1.82) is 0 Å². The highest BCUT2D eigenvalue weighted by Gasteiger charge is 2.00. The van der Waals surface area contributed by atoms with Crippen molar-refractivity contribution in [3.63, 3.8) is 0 Å². The Bertz CT molecular complexity index is 602. The monoisotopic (exact) mass is 199 g/mol. The van der Waals surface area contributed by atoms with Crippen LogP contribution in [0.2, 0.25) is 0 Å². The molecule has 1 aromatic carbocycles. The van der Waals surface area contributed by atoms with Gasteiger partial charge in [0.15, 0.2) is 5.43 Å². The van der Waals surface area contributed by atoms with Gasteiger partial charge in [0.05, 0.1) is 5.52 Å². The van der Waals surface area contributed by atoms with Crippen molar-refractivity contribution in [3.05, 3.63) is 46.2 Å². The van der Waals surface area contributed by atoms with Crippen LogP contribution in [0.5, 0.6) is 0 Å². The van der Waals surface area contributed by atoms with Crippen LogP contribution in [0, 0.1) is 11.8 Å². The average Bonchev–Trinajstić information content (AvgIpc) is 2.27. The highest BCUT2D eigenvalue weighted by atomic mass is 16.2. The largest absolute Gasteiger partial charge is 0.384 e. The molecule has 3 nitrogen and oxygen atoms in total. The lowest BCUT2D eigenvalue weighted by molar-refractivity contribution is 0.350. The Labute approximate surface area is 86.4 Å². The Morgan fingerprint density at radius 3 is 3.00 bits per heavy atom. The summed E-state index contributed by atoms with van der Waals surface area (Å²) in [7, 11) is 0. The van der Waals surface area contributed by atoms with E-state index in [1.54, 1.807) is 24.4 Å². The number of benzene rings is 1. The molecule has 0 amide bonds. The van der Waals surface area contributed by atoms with Gasteiger partial charge in [-0.1, -0.05) is 17.9 Å². The Morgan fingerprint density at radius 1 is 1.33 bits per heavy atom. The lowest BCUT2D eigenvalue weighted by Gasteiger charge is -1.98. The van der Waals surface area contributed by atoms with Gasteiger partial charge in [-0.15, -0.1) is 0 Å². The topological polar surface area (TPSA) is 53.1 Å². The Hall–Kier alpha value is -2.05. The molecular formula is C12H9NO2. The second-order valence-corrected chi connectivity index (χ2v) is 3.03. The summed E-state index contributed by atoms with van der Waals surface area (Å²) in [6.07, 6.45) is 1.59. The fourth-order valence-electron chi connectivity index (χ4n) is 1.44. The molecule has 0 spiro atoms. The predicted molar refractivity (Wildman–Crippen MR) is 58.5 cm³/mol. The van der Waals surface area contributed by atoms with E-state index in [9.17, 15) is 4.79 Å². The molecule has 0 unspecified atom stereocenters. The van der Waals surface area contributed by atoms with Gasteiger partial charge in [-0.2, -0.15) is 0 Å². The first-order valence-corrected chi connectivity index (χ1v) is 4.53. The maximum atomic E-state index is 11.5. The number of rotatable bonds is 0. The minimum Gasteiger partial charge on any atom is -0.384 e. The summed E-state index contributed by atoms with van der Waals surface area (Å²) in [5, 5.41) is 9.22. The van der Waals surface area contributed by atoms with Crippen LogP contribution in [0.25, 0.3) is 10.9 Å². The molecule has 15 heavy (non-hydrogen) atoms. The van der Waals surface area contributed by atoms with Crippen LogP contribution >= 0.6 is 0 Å². The van der Waals surface area contributed by atoms with Crippen molar-refractivity contribution in [3.8, 4) is 11.8 Å². The van der Waals surface area contributed by atoms with Gasteiger partial charge in [-0.3, -0.25) is 4.79 Å². The summed E-state index contributed by atoms with van der Waals surface area (Å²) in [6, 6.07) is 6.81. The summed E-state index contributed by atoms with van der Waals surface area (Å²) >= 11 is 0. The normalized spacial score (nSPS) is 9.67. The van der Waals surface area contributed by atoms with Crippen LogP contribution in [0.1, 0.15) is 5.56 Å². The molecule has 0 fully saturated rings. The minimum absolute atomic E-state index is 0.0311. The van der Waals surface area contributed by atoms with Crippen molar-refractivity contribution in [1.82, 2.24) is 4.98 Å². The third kappa shape index (κ3) is 1.76. The number of aromatic nitrogens is 1. The zero-order chi connectivity index (χ0) is 10.7. The first-order valence-electron chi connectivity index (χ1n) is 4.53. The molecule has 1 aromatic heterocycles. The Kier molecular flexibility index (Phi) is 2.53. The smallest absolute Gasteiger partial charge is 0.189 e. The van der Waals surface area contributed by atoms with Gasteiger partial charge >= 0.3 is 0 Å². The first kappa shape index (κ1) is 9.50. The molecule has 0 aliphatic carbocycles. The van der Waals surface area contributed by atoms with Crippen molar-refractivity contribution in [2.45, 2.75) is 0 Å². The van der Waals surface area contributed by atoms with Gasteiger partial charge in [-0.25, -0.2) is 0 Å². The van der Waals surface area contributed by atoms with E-state index in [1.807, 2.05) is 0 Å². The van der Waals surface area contributed by atoms with Gasteiger partial charge in [0.1, 0.15) is 6.61 Å². The van der Waals surface area contributed by atoms with E-state index in [0.717, 1.165) is 5.56 Å². The number of hydrogen-bond acceptors (Lipinski definition) is 2. The molecule has 0 saturated carbocycles. The number of hydrogen-bond donors (Lipinski definition) is 2. The van der Waals surface area contributed by atoms with Gasteiger partial charge in [0.2, 0.25) is 0 Å². The summed E-state index contributed by atoms with van der Waals surface area (Å²) < 4.78 is 0. The van der Waals surface area contributed by atoms with E-state index in [1.165, 1.54) is 6.07 Å². The van der Waals surface area contributed by atoms with Gasteiger partial charge in [0, 0.05) is 23.2 Å². The summed E-state index contributed by atoms with van der Waals surface area (Å²) in [5.41, 5.74) is 1.40. The van der Waals surface area contributed by atoms with Crippen molar-refractivity contribution in [2.24, 2.45) is 0 Å². The fraction of sp³-hybridized carbons (Fsp3) is 0.0833. The zero-order valence-electron chi connectivity index (χ0n) is 7.95. The highest BCUT2D eigenvalue weighted by molar-refractivity contribution is 5.84. The third-order valence-corrected chi connectivity index (χ3v) is 2.09. The predicted octanol–water partition coefficient (Wildman–Crippen LogP) is 0.872. The van der Waals surface area contributed by atoms with Crippen LogP contribution in [0.4, 0.5) is 0 Å². The van der Waals surface area contributed by atoms with Crippen molar-refractivity contribution < 1.29 is 5.11 Å². The summed E-state index contributed by atoms with van der Waals surface area (Å²) in [5.74, 6) is 5.35. The van der Waals surface area contributed by atoms with Crippen molar-refractivity contribution in [2.75, 3.05) is 6.61 Å². The molecule has 0 bridgehead atoms. The average molecular weight is 199 g/mol. The Balaban J connectivity index is 2.77. The molecule has 3 heteroatoms. The molecule has 74 valence electrons. The van der Waals surface area contributed by atoms with Crippen LogP contribution in [0.3, 0.4) is 0 Å². The molecule has 0 aliphatic rings. The number of pyridine rings is 1. The number of aliphatic hydroxyl groups is 1. The van der Waals surface area contributed by atoms with E-state index in [0.29, 0.717) is 10.9 Å². The fourth-order valence-corrected chi connectivity index (χ4v) is 1.44. The maximum Gasteiger partial charge on any atom is 0.189 e. The minimum atomic E-state index is -0.187. The number of aliphatic hydroxyl groups excluding tert-OH is 1. The van der Waals surface area contributed by atoms with Gasteiger partial charge < -0.3 is 10.1 Å². The summed E-state index contributed by atoms with van der Waals surface area (Å²) in [4.78, 5) is 14.5. The van der Waals surface area contributed by atoms with E-state index < -0.39 is 0 Å². The highest BCUT2D eigenvalue weighted by Crippen LogP contribution is 2.11. The van der Waals surface area contributed by atoms with Gasteiger partial charge in [-0.05, 0) is 12.1 Å². The maximum absolute atomic E-state index is 11.5. The first-order chi connectivity index (χ1) is 7.33. The number of para-hydroxylation sites is 1. The van der Waals surface area contributed by atoms with Crippen LogP contribution < -0.4 is 5.43 Å². The molecule has 2 aromatic rings. The standard InChI is InChI=1S/C12H9NO2/c14-8-2-4-9-3-1-5-10-11(15)6-7-13-12(9)10/h1,3,5-7,14H,8H2,(H,13,15). The van der Waals surface area contributed by atoms with E-state index >= 15 is 0 Å². The van der Waals surface area contributed by atoms with E-state index in [4.69, 9.17) is 5.11 Å². The summed E-state index contributed by atoms with van der Waals surface area (Å²) in [6.45, 7) is -0.187. The molecule has 0 saturated heterocycles. The second-order valence-electron chi connectivity index (χ2n) is 3.03. The number of H-pyrrole nitrogens is 1. The molecule has 0 aliphatic heterocycles. The second kappa shape index (κ2) is 3.99. The van der Waals surface area contributed by atoms with E-state index in [2.05, 4.69) is 16.8 Å². The molecule has 1 heterocycles. The molecule has 0 radical (unpaired) electrons. The third-order valence-electron chi connectivity index (χ3n) is 2.09. The molecule has 0 atom stereocenters. The van der Waals surface area contributed by atoms with Gasteiger partial charge in [0.25, 0.3) is 0 Å². The lowest BCUT2D eigenvalue weighted by Crippen LogP contribution is -2.00. The number of nitrogens with one attached hydrogen (secondary N) is 1. The molecule has 2 rings (SSSR count). The van der Waals surface area contributed by atoms with Crippen LogP contribution in [-0.4, -0.2) is 16.7 Å². The Morgan fingerprint density at radius 2 is 2.20 bits per heavy atom. The van der Waals surface area contributed by atoms with Crippen LogP contribution in [0.15, 0.2) is 35.3 Å².